The molecule has 0 aromatic heterocycles. The van der Waals surface area contributed by atoms with Gasteiger partial charge >= 0.3 is 6.03 Å². The largest absolute Gasteiger partial charge is 0.352 e. The third kappa shape index (κ3) is 3.03. The van der Waals surface area contributed by atoms with Crippen LogP contribution in [0.2, 0.25) is 0 Å². The summed E-state index contributed by atoms with van der Waals surface area (Å²) in [7, 11) is 0. The van der Waals surface area contributed by atoms with E-state index in [1.807, 2.05) is 25.1 Å². The van der Waals surface area contributed by atoms with Crippen molar-refractivity contribution in [3.63, 3.8) is 0 Å². The van der Waals surface area contributed by atoms with E-state index in [1.165, 1.54) is 11.1 Å². The Morgan fingerprint density at radius 1 is 1.57 bits per heavy atom. The molecule has 1 aromatic rings. The molecule has 0 heterocycles. The second-order valence-corrected chi connectivity index (χ2v) is 3.92. The van der Waals surface area contributed by atoms with Crippen LogP contribution in [0.25, 0.3) is 0 Å². The van der Waals surface area contributed by atoms with Crippen molar-refractivity contribution in [2.45, 2.75) is 13.3 Å². The van der Waals surface area contributed by atoms with E-state index in [4.69, 9.17) is 5.73 Å². The Bertz CT molecular complexity index is 339. The first-order valence-electron chi connectivity index (χ1n) is 4.38. The van der Waals surface area contributed by atoms with Crippen LogP contribution >= 0.6 is 15.9 Å². The Morgan fingerprint density at radius 3 is 2.93 bits per heavy atom. The second kappa shape index (κ2) is 5.00. The molecule has 1 aromatic carbocycles. The number of carbonyl (C=O) groups is 1. The number of benzene rings is 1. The summed E-state index contributed by atoms with van der Waals surface area (Å²) in [6.07, 6.45) is 0.800. The predicted octanol–water partition coefficient (Wildman–Crippen LogP) is 1.97. The maximum Gasteiger partial charge on any atom is 0.312 e. The van der Waals surface area contributed by atoms with E-state index in [2.05, 4.69) is 21.2 Å². The molecule has 4 heteroatoms. The van der Waals surface area contributed by atoms with Gasteiger partial charge in [-0.05, 0) is 30.5 Å². The topological polar surface area (TPSA) is 55.1 Å². The van der Waals surface area contributed by atoms with Crippen molar-refractivity contribution < 1.29 is 4.79 Å². The van der Waals surface area contributed by atoms with Crippen LogP contribution in [-0.2, 0) is 6.42 Å². The van der Waals surface area contributed by atoms with Crippen molar-refractivity contribution in [2.75, 3.05) is 6.54 Å². The number of nitrogens with two attached hydrogens (primary N) is 1. The SMILES string of the molecule is Cc1c(Br)cccc1CCNC(N)=O. The van der Waals surface area contributed by atoms with Crippen molar-refractivity contribution in [2.24, 2.45) is 5.73 Å². The smallest absolute Gasteiger partial charge is 0.312 e. The quantitative estimate of drug-likeness (QED) is 0.854. The Balaban J connectivity index is 2.59. The first-order valence-corrected chi connectivity index (χ1v) is 5.18. The summed E-state index contributed by atoms with van der Waals surface area (Å²) in [6.45, 7) is 2.62. The molecule has 3 nitrogen and oxygen atoms in total. The lowest BCUT2D eigenvalue weighted by Gasteiger charge is -2.07. The minimum atomic E-state index is -0.474. The predicted molar refractivity (Wildman–Crippen MR) is 60.2 cm³/mol. The fourth-order valence-corrected chi connectivity index (χ4v) is 1.65. The number of urea groups is 1. The lowest BCUT2D eigenvalue weighted by atomic mass is 10.1. The minimum Gasteiger partial charge on any atom is -0.352 e. The van der Waals surface area contributed by atoms with Gasteiger partial charge in [0.05, 0.1) is 0 Å². The summed E-state index contributed by atoms with van der Waals surface area (Å²) in [4.78, 5) is 10.4. The van der Waals surface area contributed by atoms with Gasteiger partial charge in [-0.1, -0.05) is 28.1 Å². The number of carbonyl (C=O) groups excluding carboxylic acids is 1. The number of hydrogen-bond acceptors (Lipinski definition) is 1. The van der Waals surface area contributed by atoms with E-state index in [9.17, 15) is 4.79 Å². The van der Waals surface area contributed by atoms with Gasteiger partial charge in [0.25, 0.3) is 0 Å². The van der Waals surface area contributed by atoms with Gasteiger partial charge in [0.15, 0.2) is 0 Å². The number of hydrogen-bond donors (Lipinski definition) is 2. The number of nitrogens with one attached hydrogen (secondary N) is 1. The molecule has 76 valence electrons. The summed E-state index contributed by atoms with van der Waals surface area (Å²) in [5, 5.41) is 2.56. The molecular weight excluding hydrogens is 244 g/mol. The Labute approximate surface area is 91.8 Å². The maximum absolute atomic E-state index is 10.4. The number of primary amides is 1. The zero-order valence-electron chi connectivity index (χ0n) is 8.01. The average Bonchev–Trinajstić information content (AvgIpc) is 2.12. The molecule has 3 N–H and O–H groups in total. The normalized spacial score (nSPS) is 9.86. The molecule has 0 aliphatic carbocycles. The highest BCUT2D eigenvalue weighted by Crippen LogP contribution is 2.19. The van der Waals surface area contributed by atoms with Crippen molar-refractivity contribution >= 4 is 22.0 Å². The van der Waals surface area contributed by atoms with Crippen LogP contribution in [0.1, 0.15) is 11.1 Å². The highest BCUT2D eigenvalue weighted by Gasteiger charge is 2.01. The van der Waals surface area contributed by atoms with Crippen LogP contribution in [-0.4, -0.2) is 12.6 Å². The molecule has 0 fully saturated rings. The summed E-state index contributed by atoms with van der Waals surface area (Å²) in [5.41, 5.74) is 7.39. The van der Waals surface area contributed by atoms with Crippen LogP contribution in [0, 0.1) is 6.92 Å². The van der Waals surface area contributed by atoms with Crippen molar-refractivity contribution in [3.8, 4) is 0 Å². The Morgan fingerprint density at radius 2 is 2.29 bits per heavy atom. The van der Waals surface area contributed by atoms with Crippen molar-refractivity contribution in [1.82, 2.24) is 5.32 Å². The molecule has 0 aliphatic rings. The van der Waals surface area contributed by atoms with Crippen molar-refractivity contribution in [1.29, 1.82) is 0 Å². The number of rotatable bonds is 3. The summed E-state index contributed by atoms with van der Waals surface area (Å²) < 4.78 is 1.09. The number of halogens is 1. The fraction of sp³-hybridized carbons (Fsp3) is 0.300. The molecule has 0 saturated heterocycles. The summed E-state index contributed by atoms with van der Waals surface area (Å²) in [6, 6.07) is 5.55. The third-order valence-corrected chi connectivity index (χ3v) is 2.93. The molecule has 0 bridgehead atoms. The van der Waals surface area contributed by atoms with E-state index in [-0.39, 0.29) is 0 Å². The highest BCUT2D eigenvalue weighted by molar-refractivity contribution is 9.10. The van der Waals surface area contributed by atoms with Gasteiger partial charge in [-0.25, -0.2) is 4.79 Å². The monoisotopic (exact) mass is 256 g/mol. The minimum absolute atomic E-state index is 0.474. The molecule has 0 saturated carbocycles. The van der Waals surface area contributed by atoms with Crippen LogP contribution < -0.4 is 11.1 Å². The Kier molecular flexibility index (Phi) is 3.95. The number of amides is 2. The van der Waals surface area contributed by atoms with E-state index >= 15 is 0 Å². The van der Waals surface area contributed by atoms with Crippen LogP contribution in [0.3, 0.4) is 0 Å². The fourth-order valence-electron chi connectivity index (χ4n) is 1.24. The standard InChI is InChI=1S/C10H13BrN2O/c1-7-8(3-2-4-9(7)11)5-6-13-10(12)14/h2-4H,5-6H2,1H3,(H3,12,13,14). The third-order valence-electron chi connectivity index (χ3n) is 2.07. The van der Waals surface area contributed by atoms with Crippen LogP contribution in [0.15, 0.2) is 22.7 Å². The summed E-state index contributed by atoms with van der Waals surface area (Å²) >= 11 is 3.45. The lowest BCUT2D eigenvalue weighted by Crippen LogP contribution is -2.31. The molecule has 1 rings (SSSR count). The average molecular weight is 257 g/mol. The van der Waals surface area contributed by atoms with Gasteiger partial charge in [-0.3, -0.25) is 0 Å². The molecule has 0 aliphatic heterocycles. The maximum atomic E-state index is 10.4. The van der Waals surface area contributed by atoms with E-state index in [0.29, 0.717) is 6.54 Å². The molecule has 0 unspecified atom stereocenters. The van der Waals surface area contributed by atoms with Gasteiger partial charge in [-0.2, -0.15) is 0 Å². The highest BCUT2D eigenvalue weighted by atomic mass is 79.9. The van der Waals surface area contributed by atoms with Gasteiger partial charge in [0.1, 0.15) is 0 Å². The van der Waals surface area contributed by atoms with Crippen LogP contribution in [0.4, 0.5) is 4.79 Å². The van der Waals surface area contributed by atoms with Gasteiger partial charge in [0.2, 0.25) is 0 Å². The molecule has 0 radical (unpaired) electrons. The molecule has 2 amide bonds. The summed E-state index contributed by atoms with van der Waals surface area (Å²) in [5.74, 6) is 0. The lowest BCUT2D eigenvalue weighted by molar-refractivity contribution is 0.249. The van der Waals surface area contributed by atoms with Crippen molar-refractivity contribution in [3.05, 3.63) is 33.8 Å². The zero-order chi connectivity index (χ0) is 10.6. The zero-order valence-corrected chi connectivity index (χ0v) is 9.60. The molecular formula is C10H13BrN2O. The van der Waals surface area contributed by atoms with E-state index < -0.39 is 6.03 Å². The molecule has 14 heavy (non-hydrogen) atoms. The van der Waals surface area contributed by atoms with E-state index in [1.54, 1.807) is 0 Å². The van der Waals surface area contributed by atoms with E-state index in [0.717, 1.165) is 10.9 Å². The first kappa shape index (κ1) is 11.0. The molecule has 0 atom stereocenters. The van der Waals surface area contributed by atoms with Crippen LogP contribution in [0.5, 0.6) is 0 Å². The van der Waals surface area contributed by atoms with Gasteiger partial charge in [0, 0.05) is 11.0 Å². The second-order valence-electron chi connectivity index (χ2n) is 3.06. The van der Waals surface area contributed by atoms with Gasteiger partial charge < -0.3 is 11.1 Å². The molecule has 0 spiro atoms. The Hall–Kier alpha value is -1.03. The van der Waals surface area contributed by atoms with Gasteiger partial charge in [-0.15, -0.1) is 0 Å². The first-order chi connectivity index (χ1) is 6.61.